The molecule has 0 fully saturated rings. The summed E-state index contributed by atoms with van der Waals surface area (Å²) in [4.78, 5) is 13.0. The predicted molar refractivity (Wildman–Crippen MR) is 111 cm³/mol. The molecule has 3 rings (SSSR count). The van der Waals surface area contributed by atoms with Gasteiger partial charge in [0.05, 0.1) is 23.1 Å². The Morgan fingerprint density at radius 2 is 1.67 bits per heavy atom. The van der Waals surface area contributed by atoms with Crippen LogP contribution < -0.4 is 14.3 Å². The van der Waals surface area contributed by atoms with Crippen LogP contribution in [-0.4, -0.2) is 26.7 Å². The molecule has 154 valence electrons. The Morgan fingerprint density at radius 1 is 1.00 bits per heavy atom. The highest BCUT2D eigenvalue weighted by molar-refractivity contribution is 7.89. The molecule has 0 heterocycles. The lowest BCUT2D eigenvalue weighted by Crippen LogP contribution is -2.18. The minimum atomic E-state index is -3.83. The fraction of sp³-hybridized carbons (Fsp3) is 0.0500. The zero-order valence-corrected chi connectivity index (χ0v) is 16.6. The third-order valence-electron chi connectivity index (χ3n) is 3.91. The molecule has 0 aliphatic rings. The first-order chi connectivity index (χ1) is 14.4. The number of sulfonamides is 1. The number of nitrogens with zero attached hydrogens (tertiary/aromatic N) is 2. The number of hydrogen-bond acceptors (Lipinski definition) is 7. The molecule has 0 aromatic heterocycles. The second kappa shape index (κ2) is 9.05. The summed E-state index contributed by atoms with van der Waals surface area (Å²) in [6.45, 7) is 0. The van der Waals surface area contributed by atoms with Gasteiger partial charge in [-0.3, -0.25) is 10.1 Å². The average Bonchev–Trinajstić information content (AvgIpc) is 2.75. The number of benzene rings is 3. The molecule has 3 aromatic carbocycles. The second-order valence-electron chi connectivity index (χ2n) is 5.93. The van der Waals surface area contributed by atoms with Crippen molar-refractivity contribution >= 4 is 21.9 Å². The molecule has 0 atom stereocenters. The van der Waals surface area contributed by atoms with Crippen LogP contribution >= 0.6 is 0 Å². The summed E-state index contributed by atoms with van der Waals surface area (Å²) in [6.07, 6.45) is 1.17. The maximum absolute atomic E-state index is 12.1. The van der Waals surface area contributed by atoms with Crippen LogP contribution in [0.25, 0.3) is 0 Å². The highest BCUT2D eigenvalue weighted by atomic mass is 32.2. The molecule has 1 N–H and O–H groups in total. The molecule has 30 heavy (non-hydrogen) atoms. The van der Waals surface area contributed by atoms with Gasteiger partial charge in [0.2, 0.25) is 5.75 Å². The van der Waals surface area contributed by atoms with Gasteiger partial charge in [0.25, 0.3) is 10.0 Å². The summed E-state index contributed by atoms with van der Waals surface area (Å²) < 4.78 is 34.9. The molecule has 9 nitrogen and oxygen atoms in total. The summed E-state index contributed by atoms with van der Waals surface area (Å²) in [5.74, 6) is 1.06. The van der Waals surface area contributed by atoms with Gasteiger partial charge in [-0.1, -0.05) is 18.2 Å². The molecular weight excluding hydrogens is 410 g/mol. The monoisotopic (exact) mass is 427 g/mol. The molecule has 3 aromatic rings. The maximum atomic E-state index is 12.1. The number of methoxy groups -OCH3 is 1. The lowest BCUT2D eigenvalue weighted by molar-refractivity contribution is -0.385. The fourth-order valence-corrected chi connectivity index (χ4v) is 3.25. The van der Waals surface area contributed by atoms with Crippen LogP contribution in [0.1, 0.15) is 5.56 Å². The van der Waals surface area contributed by atoms with Gasteiger partial charge in [-0.25, -0.2) is 4.83 Å². The number of nitrogens with one attached hydrogen (secondary N) is 1. The Balaban J connectivity index is 1.77. The fourth-order valence-electron chi connectivity index (χ4n) is 2.44. The Bertz CT molecular complexity index is 1160. The quantitative estimate of drug-likeness (QED) is 0.332. The van der Waals surface area contributed by atoms with Crippen LogP contribution in [0, 0.1) is 10.1 Å². The van der Waals surface area contributed by atoms with Crippen LogP contribution in [0.4, 0.5) is 5.69 Å². The first-order valence-electron chi connectivity index (χ1n) is 8.59. The number of nitro benzene ring substituents is 1. The van der Waals surface area contributed by atoms with E-state index in [0.717, 1.165) is 0 Å². The van der Waals surface area contributed by atoms with Crippen LogP contribution in [0.15, 0.2) is 82.8 Å². The molecule has 0 amide bonds. The van der Waals surface area contributed by atoms with Crippen LogP contribution in [0.2, 0.25) is 0 Å². The Labute approximate surface area is 172 Å². The molecule has 0 aliphatic carbocycles. The van der Waals surface area contributed by atoms with E-state index in [1.165, 1.54) is 43.7 Å². The van der Waals surface area contributed by atoms with Crippen molar-refractivity contribution in [2.75, 3.05) is 7.11 Å². The van der Waals surface area contributed by atoms with Crippen molar-refractivity contribution in [3.63, 3.8) is 0 Å². The maximum Gasteiger partial charge on any atom is 0.312 e. The van der Waals surface area contributed by atoms with Gasteiger partial charge in [0, 0.05) is 11.6 Å². The third-order valence-corrected chi connectivity index (χ3v) is 5.15. The SMILES string of the molecule is COc1ccc(Oc2ccc(/C=N\NS(=O)(=O)c3ccccc3)cc2[N+](=O)[O-])cc1. The highest BCUT2D eigenvalue weighted by Gasteiger charge is 2.17. The zero-order valence-electron chi connectivity index (χ0n) is 15.8. The number of nitro groups is 1. The van der Waals surface area contributed by atoms with Gasteiger partial charge in [-0.15, -0.1) is 0 Å². The molecule has 0 unspecified atom stereocenters. The number of ether oxygens (including phenoxy) is 2. The Hall–Kier alpha value is -3.92. The first-order valence-corrected chi connectivity index (χ1v) is 10.1. The summed E-state index contributed by atoms with van der Waals surface area (Å²) >= 11 is 0. The zero-order chi connectivity index (χ0) is 21.6. The van der Waals surface area contributed by atoms with E-state index >= 15 is 0 Å². The molecule has 0 aliphatic heterocycles. The molecule has 0 bridgehead atoms. The van der Waals surface area contributed by atoms with Gasteiger partial charge >= 0.3 is 5.69 Å². The molecule has 0 spiro atoms. The van der Waals surface area contributed by atoms with Crippen molar-refractivity contribution < 1.29 is 22.8 Å². The highest BCUT2D eigenvalue weighted by Crippen LogP contribution is 2.32. The second-order valence-corrected chi connectivity index (χ2v) is 7.59. The van der Waals surface area contributed by atoms with Crippen molar-refractivity contribution in [2.24, 2.45) is 5.10 Å². The van der Waals surface area contributed by atoms with Gasteiger partial charge in [0.15, 0.2) is 0 Å². The predicted octanol–water partition coefficient (Wildman–Crippen LogP) is 3.71. The van der Waals surface area contributed by atoms with Crippen molar-refractivity contribution in [3.8, 4) is 17.2 Å². The van der Waals surface area contributed by atoms with E-state index in [9.17, 15) is 18.5 Å². The average molecular weight is 427 g/mol. The molecular formula is C20H17N3O6S. The molecule has 0 saturated heterocycles. The topological polar surface area (TPSA) is 120 Å². The number of hydrazone groups is 1. The van der Waals surface area contributed by atoms with Crippen molar-refractivity contribution in [1.82, 2.24) is 4.83 Å². The van der Waals surface area contributed by atoms with Gasteiger partial charge in [-0.2, -0.15) is 13.5 Å². The van der Waals surface area contributed by atoms with E-state index in [2.05, 4.69) is 9.93 Å². The van der Waals surface area contributed by atoms with Crippen LogP contribution in [0.5, 0.6) is 17.2 Å². The number of hydrogen-bond donors (Lipinski definition) is 1. The van der Waals surface area contributed by atoms with E-state index < -0.39 is 14.9 Å². The summed E-state index contributed by atoms with van der Waals surface area (Å²) in [5, 5.41) is 15.1. The molecule has 10 heteroatoms. The minimum absolute atomic E-state index is 0.0344. The standard InChI is InChI=1S/C20H17N3O6S/c1-28-16-8-10-17(11-9-16)29-20-12-7-15(13-19(20)23(24)25)14-21-22-30(26,27)18-5-3-2-4-6-18/h2-14,22H,1H3/b21-14-. The lowest BCUT2D eigenvalue weighted by atomic mass is 10.2. The smallest absolute Gasteiger partial charge is 0.312 e. The van der Waals surface area contributed by atoms with Crippen molar-refractivity contribution in [3.05, 3.63) is 88.5 Å². The molecule has 0 saturated carbocycles. The van der Waals surface area contributed by atoms with Crippen molar-refractivity contribution in [1.29, 1.82) is 0 Å². The van der Waals surface area contributed by atoms with Gasteiger partial charge in [-0.05, 0) is 48.5 Å². The lowest BCUT2D eigenvalue weighted by Gasteiger charge is -2.08. The summed E-state index contributed by atoms with van der Waals surface area (Å²) in [6, 6.07) is 18.5. The van der Waals surface area contributed by atoms with E-state index in [1.54, 1.807) is 42.5 Å². The van der Waals surface area contributed by atoms with Crippen LogP contribution in [-0.2, 0) is 10.0 Å². The largest absolute Gasteiger partial charge is 0.497 e. The Kier molecular flexibility index (Phi) is 6.28. The normalized spacial score (nSPS) is 11.2. The Morgan fingerprint density at radius 3 is 2.30 bits per heavy atom. The van der Waals surface area contributed by atoms with Gasteiger partial charge < -0.3 is 9.47 Å². The summed E-state index contributed by atoms with van der Waals surface area (Å²) in [7, 11) is -2.30. The van der Waals surface area contributed by atoms with Crippen molar-refractivity contribution in [2.45, 2.75) is 4.90 Å². The number of rotatable bonds is 8. The van der Waals surface area contributed by atoms with E-state index in [4.69, 9.17) is 9.47 Å². The van der Waals surface area contributed by atoms with Gasteiger partial charge in [0.1, 0.15) is 11.5 Å². The third kappa shape index (κ3) is 5.11. The first kappa shape index (κ1) is 20.8. The molecule has 0 radical (unpaired) electrons. The summed E-state index contributed by atoms with van der Waals surface area (Å²) in [5.41, 5.74) is 0.0280. The van der Waals surface area contributed by atoms with Crippen LogP contribution in [0.3, 0.4) is 0 Å². The van der Waals surface area contributed by atoms with E-state index in [0.29, 0.717) is 17.1 Å². The van der Waals surface area contributed by atoms with E-state index in [1.807, 2.05) is 0 Å². The van der Waals surface area contributed by atoms with E-state index in [-0.39, 0.29) is 16.3 Å². The minimum Gasteiger partial charge on any atom is -0.497 e.